The van der Waals surface area contributed by atoms with Crippen LogP contribution < -0.4 is 0 Å². The molecule has 2 aliphatic heterocycles. The molecule has 2 heterocycles. The van der Waals surface area contributed by atoms with Crippen LogP contribution in [0.3, 0.4) is 0 Å². The topological polar surface area (TPSA) is 6.48 Å². The van der Waals surface area contributed by atoms with Crippen molar-refractivity contribution in [3.63, 3.8) is 0 Å². The molecule has 0 saturated carbocycles. The molecule has 2 nitrogen and oxygen atoms in total. The van der Waals surface area contributed by atoms with Crippen molar-refractivity contribution < 1.29 is 0 Å². The molecule has 0 radical (unpaired) electrons. The lowest BCUT2D eigenvalue weighted by atomic mass is 10.1. The Balaban J connectivity index is 1.98. The molecule has 5 heteroatoms. The van der Waals surface area contributed by atoms with Gasteiger partial charge in [0.15, 0.2) is 0 Å². The van der Waals surface area contributed by atoms with Gasteiger partial charge in [0.1, 0.15) is 0 Å². The van der Waals surface area contributed by atoms with Crippen molar-refractivity contribution in [2.24, 2.45) is 5.92 Å². The molecule has 0 spiro atoms. The number of fused-ring (bicyclic) bond motifs is 1. The van der Waals surface area contributed by atoms with Crippen molar-refractivity contribution in [1.82, 2.24) is 9.34 Å². The third-order valence-electron chi connectivity index (χ3n) is 2.77. The lowest BCUT2D eigenvalue weighted by Crippen LogP contribution is -2.25. The summed E-state index contributed by atoms with van der Waals surface area (Å²) in [5.41, 5.74) is 0. The minimum absolute atomic E-state index is 0.841. The molecule has 2 saturated heterocycles. The second-order valence-electron chi connectivity index (χ2n) is 3.39. The summed E-state index contributed by atoms with van der Waals surface area (Å²) in [6.07, 6.45) is 1.40. The monoisotopic (exact) mass is 208 g/mol. The van der Waals surface area contributed by atoms with Gasteiger partial charge in [-0.2, -0.15) is 0 Å². The van der Waals surface area contributed by atoms with E-state index in [2.05, 4.69) is 27.7 Å². The summed E-state index contributed by atoms with van der Waals surface area (Å²) in [4.78, 5) is 0. The van der Waals surface area contributed by atoms with Gasteiger partial charge in [0.2, 0.25) is 0 Å². The highest BCUT2D eigenvalue weighted by Gasteiger charge is 2.38. The van der Waals surface area contributed by atoms with Crippen molar-refractivity contribution >= 4 is 26.7 Å². The van der Waals surface area contributed by atoms with Crippen molar-refractivity contribution in [3.8, 4) is 0 Å². The van der Waals surface area contributed by atoms with Crippen LogP contribution in [0.25, 0.3) is 0 Å². The molecule has 0 amide bonds. The van der Waals surface area contributed by atoms with Gasteiger partial charge in [0, 0.05) is 25.7 Å². The van der Waals surface area contributed by atoms with E-state index in [1.54, 1.807) is 0 Å². The van der Waals surface area contributed by atoms with Crippen LogP contribution in [0.2, 0.25) is 0 Å². The molecule has 2 rings (SSSR count). The first-order valence-corrected chi connectivity index (χ1v) is 7.31. The van der Waals surface area contributed by atoms with Crippen LogP contribution in [0, 0.1) is 5.92 Å². The Morgan fingerprint density at radius 3 is 2.82 bits per heavy atom. The average molecular weight is 208 g/mol. The Morgan fingerprint density at radius 1 is 1.36 bits per heavy atom. The SMILES string of the molecule is PPN1CC2CCN(P)C2C1. The molecule has 0 aromatic heterocycles. The van der Waals surface area contributed by atoms with Gasteiger partial charge in [-0.05, 0) is 20.8 Å². The van der Waals surface area contributed by atoms with E-state index in [9.17, 15) is 0 Å². The molecule has 0 bridgehead atoms. The van der Waals surface area contributed by atoms with Crippen LogP contribution >= 0.6 is 26.7 Å². The Hall–Kier alpha value is 1.21. The first-order valence-electron chi connectivity index (χ1n) is 4.04. The molecule has 0 aliphatic carbocycles. The maximum atomic E-state index is 2.86. The molecule has 0 aromatic carbocycles. The summed E-state index contributed by atoms with van der Waals surface area (Å²) < 4.78 is 4.99. The molecular weight excluding hydrogens is 193 g/mol. The van der Waals surface area contributed by atoms with E-state index < -0.39 is 0 Å². The third-order valence-corrected chi connectivity index (χ3v) is 5.24. The smallest absolute Gasteiger partial charge is 0.0301 e. The molecule has 2 aliphatic rings. The van der Waals surface area contributed by atoms with E-state index in [0.717, 1.165) is 20.4 Å². The highest BCUT2D eigenvalue weighted by atomic mass is 32.0. The molecule has 64 valence electrons. The maximum absolute atomic E-state index is 2.86. The van der Waals surface area contributed by atoms with Crippen molar-refractivity contribution in [3.05, 3.63) is 0 Å². The molecule has 5 atom stereocenters. The first kappa shape index (κ1) is 8.79. The fraction of sp³-hybridized carbons (Fsp3) is 1.00. The molecular formula is C6H15N2P3. The number of hydrogen-bond acceptors (Lipinski definition) is 2. The molecule has 2 fully saturated rings. The highest BCUT2D eigenvalue weighted by Crippen LogP contribution is 2.40. The van der Waals surface area contributed by atoms with Crippen LogP contribution in [0.5, 0.6) is 0 Å². The Kier molecular flexibility index (Phi) is 2.82. The second-order valence-corrected chi connectivity index (χ2v) is 5.72. The predicted molar refractivity (Wildman–Crippen MR) is 57.9 cm³/mol. The largest absolute Gasteiger partial charge is 0.283 e. The summed E-state index contributed by atoms with van der Waals surface area (Å²) in [7, 11) is 6.62. The zero-order valence-corrected chi connectivity index (χ0v) is 9.84. The van der Waals surface area contributed by atoms with Gasteiger partial charge in [0.25, 0.3) is 0 Å². The van der Waals surface area contributed by atoms with Gasteiger partial charge >= 0.3 is 0 Å². The maximum Gasteiger partial charge on any atom is 0.0301 e. The van der Waals surface area contributed by atoms with E-state index in [1.807, 2.05) is 0 Å². The fourth-order valence-electron chi connectivity index (χ4n) is 2.10. The predicted octanol–water partition coefficient (Wildman–Crippen LogP) is 1.17. The van der Waals surface area contributed by atoms with Crippen LogP contribution in [-0.2, 0) is 0 Å². The van der Waals surface area contributed by atoms with Gasteiger partial charge in [-0.15, -0.1) is 0 Å². The highest BCUT2D eigenvalue weighted by molar-refractivity contribution is 8.01. The average Bonchev–Trinajstić information content (AvgIpc) is 2.53. The molecule has 0 aromatic rings. The quantitative estimate of drug-likeness (QED) is 0.597. The fourth-order valence-corrected chi connectivity index (χ4v) is 3.85. The van der Waals surface area contributed by atoms with Crippen LogP contribution in [0.15, 0.2) is 0 Å². The summed E-state index contributed by atoms with van der Waals surface area (Å²) in [5, 5.41) is 0. The van der Waals surface area contributed by atoms with Crippen molar-refractivity contribution in [2.45, 2.75) is 12.5 Å². The van der Waals surface area contributed by atoms with Gasteiger partial charge in [0.05, 0.1) is 0 Å². The van der Waals surface area contributed by atoms with Crippen molar-refractivity contribution in [1.29, 1.82) is 0 Å². The minimum Gasteiger partial charge on any atom is -0.283 e. The standard InChI is InChI=1S/C6H15N2P3/c9-8-2-1-5-3-7(11-10)4-6(5)8/h5-6,11H,1-4,9-10H2. The zero-order chi connectivity index (χ0) is 7.84. The van der Waals surface area contributed by atoms with Gasteiger partial charge in [-0.3, -0.25) is 9.34 Å². The number of nitrogens with zero attached hydrogens (tertiary/aromatic N) is 2. The van der Waals surface area contributed by atoms with Crippen LogP contribution in [0.4, 0.5) is 0 Å². The van der Waals surface area contributed by atoms with Crippen molar-refractivity contribution in [2.75, 3.05) is 19.6 Å². The normalized spacial score (nSPS) is 40.9. The molecule has 0 N–H and O–H groups in total. The van der Waals surface area contributed by atoms with E-state index in [0.29, 0.717) is 0 Å². The van der Waals surface area contributed by atoms with E-state index in [4.69, 9.17) is 0 Å². The summed E-state index contributed by atoms with van der Waals surface area (Å²) in [5.74, 6) is 0.959. The second kappa shape index (κ2) is 3.52. The molecule has 5 unspecified atom stereocenters. The third kappa shape index (κ3) is 1.62. The lowest BCUT2D eigenvalue weighted by Gasteiger charge is -2.18. The Morgan fingerprint density at radius 2 is 2.18 bits per heavy atom. The Labute approximate surface area is 74.7 Å². The van der Waals surface area contributed by atoms with Gasteiger partial charge < -0.3 is 0 Å². The van der Waals surface area contributed by atoms with E-state index in [-0.39, 0.29) is 0 Å². The summed E-state index contributed by atoms with van der Waals surface area (Å²) in [6, 6.07) is 0.841. The lowest BCUT2D eigenvalue weighted by molar-refractivity contribution is 0.412. The number of rotatable bonds is 1. The van der Waals surface area contributed by atoms with Crippen LogP contribution in [0.1, 0.15) is 6.42 Å². The summed E-state index contributed by atoms with van der Waals surface area (Å²) >= 11 is 0. The molecule has 11 heavy (non-hydrogen) atoms. The van der Waals surface area contributed by atoms with E-state index >= 15 is 0 Å². The van der Waals surface area contributed by atoms with Crippen LogP contribution in [-0.4, -0.2) is 35.0 Å². The van der Waals surface area contributed by atoms with Gasteiger partial charge in [-0.1, -0.05) is 18.3 Å². The summed E-state index contributed by atoms with van der Waals surface area (Å²) in [6.45, 7) is 3.90. The zero-order valence-electron chi connectivity index (χ0n) is 6.53. The van der Waals surface area contributed by atoms with Gasteiger partial charge in [-0.25, -0.2) is 0 Å². The first-order chi connectivity index (χ1) is 5.31. The number of hydrogen-bond donors (Lipinski definition) is 0. The minimum atomic E-state index is 0.841. The van der Waals surface area contributed by atoms with E-state index in [1.165, 1.54) is 26.1 Å². The Bertz CT molecular complexity index is 155.